The molecule has 0 aliphatic heterocycles. The number of primary amides is 1. The number of benzene rings is 1. The molecule has 0 fully saturated rings. The van der Waals surface area contributed by atoms with Crippen LogP contribution in [0, 0.1) is 18.2 Å². The molecule has 120 valence electrons. The van der Waals surface area contributed by atoms with E-state index in [-0.39, 0.29) is 16.8 Å². The average Bonchev–Trinajstić information content (AvgIpc) is 2.73. The molecule has 0 saturated carbocycles. The maximum absolute atomic E-state index is 14.0. The zero-order valence-corrected chi connectivity index (χ0v) is 13.3. The Morgan fingerprint density at radius 3 is 2.65 bits per heavy atom. The Kier molecular flexibility index (Phi) is 3.35. The van der Waals surface area contributed by atoms with Gasteiger partial charge in [0.05, 0.1) is 28.2 Å². The van der Waals surface area contributed by atoms with Crippen LogP contribution in [0.4, 0.5) is 4.39 Å². The van der Waals surface area contributed by atoms with Gasteiger partial charge in [0.2, 0.25) is 0 Å². The molecule has 1 aliphatic rings. The van der Waals surface area contributed by atoms with Gasteiger partial charge in [-0.15, -0.1) is 0 Å². The number of fused-ring (bicyclic) bond motifs is 1. The van der Waals surface area contributed by atoms with Gasteiger partial charge in [-0.05, 0) is 30.9 Å². The lowest BCUT2D eigenvalue weighted by atomic mass is 9.75. The molecule has 6 heteroatoms. The van der Waals surface area contributed by atoms with Crippen LogP contribution >= 0.6 is 0 Å². The van der Waals surface area contributed by atoms with Crippen molar-refractivity contribution < 1.29 is 14.0 Å². The highest BCUT2D eigenvalue weighted by Gasteiger charge is 2.35. The molecule has 5 nitrogen and oxygen atoms in total. The number of aromatic nitrogens is 2. The zero-order valence-electron chi connectivity index (χ0n) is 13.3. The smallest absolute Gasteiger partial charge is 0.251 e. The highest BCUT2D eigenvalue weighted by Crippen LogP contribution is 2.37. The van der Waals surface area contributed by atoms with Crippen LogP contribution < -0.4 is 5.73 Å². The molecular weight excluding hydrogens is 297 g/mol. The molecule has 1 aromatic heterocycles. The fourth-order valence-corrected chi connectivity index (χ4v) is 3.19. The van der Waals surface area contributed by atoms with Crippen molar-refractivity contribution in [3.63, 3.8) is 0 Å². The number of carbonyl (C=O) groups is 2. The van der Waals surface area contributed by atoms with Gasteiger partial charge in [0.15, 0.2) is 5.78 Å². The van der Waals surface area contributed by atoms with Crippen LogP contribution in [0.1, 0.15) is 52.4 Å². The molecule has 0 spiro atoms. The first kappa shape index (κ1) is 15.4. The Morgan fingerprint density at radius 1 is 1.35 bits per heavy atom. The minimum atomic E-state index is -0.816. The van der Waals surface area contributed by atoms with Gasteiger partial charge in [0, 0.05) is 12.5 Å². The second-order valence-corrected chi connectivity index (χ2v) is 6.79. The lowest BCUT2D eigenvalue weighted by Crippen LogP contribution is -2.28. The van der Waals surface area contributed by atoms with E-state index in [1.54, 1.807) is 17.7 Å². The number of Topliss-reactive ketones (excluding diaryl/α,β-unsaturated/α-hetero) is 1. The van der Waals surface area contributed by atoms with Gasteiger partial charge in [0.25, 0.3) is 5.91 Å². The molecule has 0 atom stereocenters. The Labute approximate surface area is 133 Å². The predicted octanol–water partition coefficient (Wildman–Crippen LogP) is 2.57. The van der Waals surface area contributed by atoms with E-state index in [9.17, 15) is 14.0 Å². The molecule has 0 saturated heterocycles. The first-order chi connectivity index (χ1) is 10.7. The molecule has 1 heterocycles. The summed E-state index contributed by atoms with van der Waals surface area (Å²) in [5.74, 6) is -1.45. The van der Waals surface area contributed by atoms with Gasteiger partial charge in [-0.25, -0.2) is 9.07 Å². The summed E-state index contributed by atoms with van der Waals surface area (Å²) >= 11 is 0. The zero-order chi connectivity index (χ0) is 16.9. The minimum Gasteiger partial charge on any atom is -0.366 e. The first-order valence-corrected chi connectivity index (χ1v) is 7.41. The summed E-state index contributed by atoms with van der Waals surface area (Å²) in [6.07, 6.45) is 1.15. The highest BCUT2D eigenvalue weighted by atomic mass is 19.1. The van der Waals surface area contributed by atoms with Crippen molar-refractivity contribution in [3.8, 4) is 5.69 Å². The number of carbonyl (C=O) groups excluding carboxylic acids is 2. The third kappa shape index (κ3) is 2.54. The van der Waals surface area contributed by atoms with Crippen LogP contribution in [0.15, 0.2) is 18.2 Å². The van der Waals surface area contributed by atoms with Crippen LogP contribution in [0.2, 0.25) is 0 Å². The Bertz CT molecular complexity index is 837. The van der Waals surface area contributed by atoms with E-state index in [0.717, 1.165) is 5.69 Å². The van der Waals surface area contributed by atoms with Crippen LogP contribution in [-0.4, -0.2) is 21.5 Å². The summed E-state index contributed by atoms with van der Waals surface area (Å²) < 4.78 is 15.6. The Morgan fingerprint density at radius 2 is 2.04 bits per heavy atom. The minimum absolute atomic E-state index is 0.0641. The number of nitrogens with zero attached hydrogens (tertiary/aromatic N) is 2. The van der Waals surface area contributed by atoms with Crippen molar-refractivity contribution in [3.05, 3.63) is 46.5 Å². The average molecular weight is 315 g/mol. The molecule has 3 rings (SSSR count). The van der Waals surface area contributed by atoms with Crippen LogP contribution in [0.25, 0.3) is 5.69 Å². The number of aryl methyl sites for hydroxylation is 1. The lowest BCUT2D eigenvalue weighted by Gasteiger charge is -2.29. The molecule has 1 aromatic carbocycles. The van der Waals surface area contributed by atoms with E-state index < -0.39 is 11.7 Å². The number of hydrogen-bond acceptors (Lipinski definition) is 3. The summed E-state index contributed by atoms with van der Waals surface area (Å²) in [6.45, 7) is 5.83. The van der Waals surface area contributed by atoms with E-state index >= 15 is 0 Å². The van der Waals surface area contributed by atoms with Gasteiger partial charge in [-0.1, -0.05) is 13.8 Å². The molecule has 2 N–H and O–H groups in total. The summed E-state index contributed by atoms with van der Waals surface area (Å²) in [4.78, 5) is 23.5. The number of nitrogens with two attached hydrogens (primary N) is 1. The highest BCUT2D eigenvalue weighted by molar-refractivity contribution is 6.00. The summed E-state index contributed by atoms with van der Waals surface area (Å²) in [7, 11) is 0. The molecule has 2 aromatic rings. The molecule has 1 aliphatic carbocycles. The van der Waals surface area contributed by atoms with Gasteiger partial charge >= 0.3 is 0 Å². The second kappa shape index (κ2) is 5.01. The molecular formula is C17H18FN3O2. The van der Waals surface area contributed by atoms with Crippen LogP contribution in [0.5, 0.6) is 0 Å². The van der Waals surface area contributed by atoms with Crippen molar-refractivity contribution in [2.24, 2.45) is 11.1 Å². The molecule has 0 radical (unpaired) electrons. The van der Waals surface area contributed by atoms with E-state index in [0.29, 0.717) is 29.8 Å². The first-order valence-electron chi connectivity index (χ1n) is 7.41. The number of rotatable bonds is 2. The monoisotopic (exact) mass is 315 g/mol. The van der Waals surface area contributed by atoms with Gasteiger partial charge in [-0.3, -0.25) is 9.59 Å². The summed E-state index contributed by atoms with van der Waals surface area (Å²) in [6, 6.07) is 4.15. The van der Waals surface area contributed by atoms with Crippen molar-refractivity contribution >= 4 is 11.7 Å². The molecule has 1 amide bonds. The maximum Gasteiger partial charge on any atom is 0.251 e. The van der Waals surface area contributed by atoms with Crippen molar-refractivity contribution in [1.82, 2.24) is 9.78 Å². The lowest BCUT2D eigenvalue weighted by molar-refractivity contribution is 0.0909. The summed E-state index contributed by atoms with van der Waals surface area (Å²) in [5.41, 5.74) is 7.32. The maximum atomic E-state index is 14.0. The van der Waals surface area contributed by atoms with E-state index in [4.69, 9.17) is 5.73 Å². The fraction of sp³-hybridized carbons (Fsp3) is 0.353. The third-order valence-corrected chi connectivity index (χ3v) is 4.18. The number of amides is 1. The molecule has 23 heavy (non-hydrogen) atoms. The van der Waals surface area contributed by atoms with E-state index in [2.05, 4.69) is 5.10 Å². The number of hydrogen-bond donors (Lipinski definition) is 1. The van der Waals surface area contributed by atoms with Crippen molar-refractivity contribution in [2.45, 2.75) is 33.6 Å². The standard InChI is InChI=1S/C17H18FN3O2/c1-9-15-13(7-17(2,3)8-14(15)22)21(20-9)10-4-5-11(16(19)23)12(18)6-10/h4-6H,7-8H2,1-3H3,(H2,19,23). The van der Waals surface area contributed by atoms with Crippen LogP contribution in [0.3, 0.4) is 0 Å². The van der Waals surface area contributed by atoms with Gasteiger partial charge in [0.1, 0.15) is 5.82 Å². The Balaban J connectivity index is 2.16. The quantitative estimate of drug-likeness (QED) is 0.925. The van der Waals surface area contributed by atoms with Gasteiger partial charge in [-0.2, -0.15) is 5.10 Å². The molecule has 0 bridgehead atoms. The summed E-state index contributed by atoms with van der Waals surface area (Å²) in [5, 5.41) is 4.41. The van der Waals surface area contributed by atoms with E-state index in [1.807, 2.05) is 13.8 Å². The topological polar surface area (TPSA) is 78.0 Å². The van der Waals surface area contributed by atoms with Crippen molar-refractivity contribution in [1.29, 1.82) is 0 Å². The third-order valence-electron chi connectivity index (χ3n) is 4.18. The largest absolute Gasteiger partial charge is 0.366 e. The van der Waals surface area contributed by atoms with Gasteiger partial charge < -0.3 is 5.73 Å². The number of ketones is 1. The SMILES string of the molecule is Cc1nn(-c2ccc(C(N)=O)c(F)c2)c2c1C(=O)CC(C)(C)C2. The number of halogens is 1. The normalized spacial score (nSPS) is 16.3. The predicted molar refractivity (Wildman–Crippen MR) is 83.2 cm³/mol. The van der Waals surface area contributed by atoms with Crippen molar-refractivity contribution in [2.75, 3.05) is 0 Å². The second-order valence-electron chi connectivity index (χ2n) is 6.79. The van der Waals surface area contributed by atoms with E-state index in [1.165, 1.54) is 12.1 Å². The Hall–Kier alpha value is -2.50. The van der Waals surface area contributed by atoms with Crippen LogP contribution in [-0.2, 0) is 6.42 Å². The molecule has 0 unspecified atom stereocenters. The fourth-order valence-electron chi connectivity index (χ4n) is 3.19.